The number of nitrogens with one attached hydrogen (secondary N) is 2. The zero-order valence-corrected chi connectivity index (χ0v) is 21.1. The van der Waals surface area contributed by atoms with Crippen LogP contribution >= 0.6 is 0 Å². The van der Waals surface area contributed by atoms with Crippen LogP contribution in [0, 0.1) is 11.3 Å². The van der Waals surface area contributed by atoms with Crippen LogP contribution in [0.5, 0.6) is 0 Å². The van der Waals surface area contributed by atoms with Crippen LogP contribution in [0.1, 0.15) is 5.76 Å². The van der Waals surface area contributed by atoms with E-state index in [0.29, 0.717) is 5.76 Å². The highest BCUT2D eigenvalue weighted by Crippen LogP contribution is 2.28. The maximum Gasteiger partial charge on any atom is 0.250 e. The number of fused-ring (bicyclic) bond motifs is 1. The summed E-state index contributed by atoms with van der Waals surface area (Å²) in [6, 6.07) is 17.0. The van der Waals surface area contributed by atoms with Gasteiger partial charge in [0.05, 0.1) is 25.9 Å². The van der Waals surface area contributed by atoms with Crippen molar-refractivity contribution in [1.82, 2.24) is 9.62 Å². The number of morpholine rings is 1. The third-order valence-electron chi connectivity index (χ3n) is 6.01. The molecule has 0 radical (unpaired) electrons. The van der Waals surface area contributed by atoms with Gasteiger partial charge in [0, 0.05) is 50.1 Å². The average molecular weight is 527 g/mol. The van der Waals surface area contributed by atoms with Crippen molar-refractivity contribution in [3.8, 4) is 17.4 Å². The lowest BCUT2D eigenvalue weighted by Gasteiger charge is -2.26. The van der Waals surface area contributed by atoms with Crippen molar-refractivity contribution in [3.63, 3.8) is 0 Å². The van der Waals surface area contributed by atoms with Gasteiger partial charge in [0.1, 0.15) is 17.6 Å². The summed E-state index contributed by atoms with van der Waals surface area (Å²) in [4.78, 5) is 1.81. The van der Waals surface area contributed by atoms with Crippen molar-refractivity contribution in [1.29, 1.82) is 5.26 Å². The molecule has 11 heteroatoms. The summed E-state index contributed by atoms with van der Waals surface area (Å²) in [7, 11) is -4.17. The van der Waals surface area contributed by atoms with Gasteiger partial charge in [-0.2, -0.15) is 5.26 Å². The third kappa shape index (κ3) is 7.17. The fraction of sp³-hybridized carbons (Fsp3) is 0.346. The van der Waals surface area contributed by atoms with Gasteiger partial charge in [0.15, 0.2) is 4.91 Å². The Hall–Kier alpha value is -3.24. The Morgan fingerprint density at radius 3 is 2.65 bits per heavy atom. The lowest BCUT2D eigenvalue weighted by atomic mass is 10.0. The Labute approximate surface area is 215 Å². The first-order valence-corrected chi connectivity index (χ1v) is 13.4. The molecule has 0 bridgehead atoms. The maximum absolute atomic E-state index is 12.3. The van der Waals surface area contributed by atoms with Gasteiger partial charge >= 0.3 is 0 Å². The summed E-state index contributed by atoms with van der Waals surface area (Å²) in [6.07, 6.45) is -0.146. The Bertz CT molecular complexity index is 1390. The molecule has 10 nitrogen and oxygen atoms in total. The number of ether oxygens (including phenoxy) is 1. The van der Waals surface area contributed by atoms with E-state index in [2.05, 4.69) is 21.0 Å². The number of nitriles is 1. The fourth-order valence-electron chi connectivity index (χ4n) is 3.92. The summed E-state index contributed by atoms with van der Waals surface area (Å²) >= 11 is 0. The first kappa shape index (κ1) is 26.8. The highest BCUT2D eigenvalue weighted by atomic mass is 32.2. The van der Waals surface area contributed by atoms with E-state index in [4.69, 9.17) is 14.3 Å². The third-order valence-corrected chi connectivity index (χ3v) is 7.34. The van der Waals surface area contributed by atoms with Crippen LogP contribution in [-0.4, -0.2) is 82.2 Å². The number of benzene rings is 2. The molecule has 1 aliphatic rings. The molecule has 1 unspecified atom stereocenters. The van der Waals surface area contributed by atoms with E-state index in [-0.39, 0.29) is 5.76 Å². The quantitative estimate of drug-likeness (QED) is 0.275. The van der Waals surface area contributed by atoms with Crippen LogP contribution < -0.4 is 10.0 Å². The summed E-state index contributed by atoms with van der Waals surface area (Å²) in [6.45, 7) is 4.31. The van der Waals surface area contributed by atoms with Gasteiger partial charge in [0.25, 0.3) is 10.0 Å². The number of sulfonamides is 1. The van der Waals surface area contributed by atoms with E-state index in [1.54, 1.807) is 18.2 Å². The molecule has 3 aromatic rings. The highest BCUT2D eigenvalue weighted by Gasteiger charge is 2.19. The minimum atomic E-state index is -4.17. The second-order valence-electron chi connectivity index (χ2n) is 8.67. The molecule has 4 rings (SSSR count). The number of rotatable bonds is 11. The largest absolute Gasteiger partial charge is 0.457 e. The molecule has 0 spiro atoms. The molecule has 1 aliphatic heterocycles. The number of aliphatic hydroxyl groups is 2. The highest BCUT2D eigenvalue weighted by molar-refractivity contribution is 7.93. The number of allylic oxidation sites excluding steroid dienone is 1. The van der Waals surface area contributed by atoms with Gasteiger partial charge in [-0.1, -0.05) is 18.2 Å². The van der Waals surface area contributed by atoms with Crippen LogP contribution in [0.4, 0.5) is 5.69 Å². The Balaban J connectivity index is 1.43. The monoisotopic (exact) mass is 526 g/mol. The van der Waals surface area contributed by atoms with E-state index in [0.717, 1.165) is 67.5 Å². The first-order chi connectivity index (χ1) is 17.9. The molecule has 1 saturated heterocycles. The molecule has 4 N–H and O–H groups in total. The van der Waals surface area contributed by atoms with E-state index < -0.39 is 34.2 Å². The van der Waals surface area contributed by atoms with Crippen molar-refractivity contribution in [2.45, 2.75) is 6.10 Å². The predicted molar refractivity (Wildman–Crippen MR) is 141 cm³/mol. The molecule has 37 heavy (non-hydrogen) atoms. The molecule has 0 saturated carbocycles. The van der Waals surface area contributed by atoms with Gasteiger partial charge in [-0.25, -0.2) is 13.1 Å². The molecule has 1 aromatic heterocycles. The van der Waals surface area contributed by atoms with Gasteiger partial charge in [0.2, 0.25) is 0 Å². The Kier molecular flexibility index (Phi) is 8.94. The van der Waals surface area contributed by atoms with Crippen molar-refractivity contribution < 1.29 is 27.8 Å². The molecular weight excluding hydrogens is 496 g/mol. The van der Waals surface area contributed by atoms with Gasteiger partial charge in [-0.05, 0) is 41.1 Å². The summed E-state index contributed by atoms with van der Waals surface area (Å²) in [5.74, 6) is 0.721. The SMILES string of the molecule is N#C/C(=C\c1ccc(-c2ccc3cc(NCCN4CCOCC4)ccc3c2)o1)S(=O)(=O)NCC(O)CO. The second-order valence-corrected chi connectivity index (χ2v) is 10.4. The predicted octanol–water partition coefficient (Wildman–Crippen LogP) is 1.98. The van der Waals surface area contributed by atoms with Gasteiger partial charge in [-0.3, -0.25) is 4.90 Å². The molecule has 2 heterocycles. The number of nitrogens with zero attached hydrogens (tertiary/aromatic N) is 2. The lowest BCUT2D eigenvalue weighted by Crippen LogP contribution is -2.38. The topological polar surface area (TPSA) is 148 Å². The molecular formula is C26H30N4O6S. The van der Waals surface area contributed by atoms with Crippen molar-refractivity contribution in [2.75, 3.05) is 57.9 Å². The molecule has 1 fully saturated rings. The average Bonchev–Trinajstić information content (AvgIpc) is 3.39. The van der Waals surface area contributed by atoms with Crippen molar-refractivity contribution in [2.24, 2.45) is 0 Å². The molecule has 2 aromatic carbocycles. The Morgan fingerprint density at radius 1 is 1.14 bits per heavy atom. The van der Waals surface area contributed by atoms with Crippen LogP contribution in [-0.2, 0) is 14.8 Å². The standard InChI is InChI=1S/C26H30N4O6S/c27-16-25(37(33,34)29-17-23(32)18-31)15-24-5-6-26(36-24)21-2-1-20-14-22(4-3-19(20)13-21)28-7-8-30-9-11-35-12-10-30/h1-6,13-15,23,28-29,31-32H,7-12,17-18H2/b25-15+. The number of hydrogen-bond donors (Lipinski definition) is 4. The lowest BCUT2D eigenvalue weighted by molar-refractivity contribution is 0.0398. The van der Waals surface area contributed by atoms with Crippen LogP contribution in [0.15, 0.2) is 57.9 Å². The summed E-state index contributed by atoms with van der Waals surface area (Å²) in [5.41, 5.74) is 1.86. The van der Waals surface area contributed by atoms with Crippen LogP contribution in [0.25, 0.3) is 28.2 Å². The zero-order valence-electron chi connectivity index (χ0n) is 20.3. The normalized spacial score (nSPS) is 16.0. The van der Waals surface area contributed by atoms with Crippen LogP contribution in [0.2, 0.25) is 0 Å². The number of aliphatic hydroxyl groups excluding tert-OH is 2. The van der Waals surface area contributed by atoms with Crippen molar-refractivity contribution >= 4 is 32.6 Å². The molecule has 1 atom stereocenters. The van der Waals surface area contributed by atoms with E-state index >= 15 is 0 Å². The van der Waals surface area contributed by atoms with Gasteiger partial charge in [-0.15, -0.1) is 0 Å². The fourth-order valence-corrected chi connectivity index (χ4v) is 4.88. The molecule has 0 aliphatic carbocycles. The van der Waals surface area contributed by atoms with Crippen molar-refractivity contribution in [3.05, 3.63) is 59.2 Å². The smallest absolute Gasteiger partial charge is 0.250 e. The van der Waals surface area contributed by atoms with Crippen LogP contribution in [0.3, 0.4) is 0 Å². The zero-order chi connectivity index (χ0) is 26.3. The summed E-state index contributed by atoms with van der Waals surface area (Å²) < 4.78 is 37.9. The minimum absolute atomic E-state index is 0.194. The molecule has 0 amide bonds. The van der Waals surface area contributed by atoms with E-state index in [9.17, 15) is 18.8 Å². The van der Waals surface area contributed by atoms with Gasteiger partial charge < -0.3 is 24.7 Å². The number of anilines is 1. The second kappa shape index (κ2) is 12.3. The Morgan fingerprint density at radius 2 is 1.89 bits per heavy atom. The minimum Gasteiger partial charge on any atom is -0.457 e. The first-order valence-electron chi connectivity index (χ1n) is 12.0. The molecule has 196 valence electrons. The van der Waals surface area contributed by atoms with E-state index in [1.807, 2.05) is 30.3 Å². The summed E-state index contributed by atoms with van der Waals surface area (Å²) in [5, 5.41) is 33.1. The number of furan rings is 1. The maximum atomic E-state index is 12.3. The van der Waals surface area contributed by atoms with E-state index in [1.165, 1.54) is 0 Å². The number of hydrogen-bond acceptors (Lipinski definition) is 9.